The van der Waals surface area contributed by atoms with Gasteiger partial charge in [-0.25, -0.2) is 9.78 Å². The molecule has 4 rings (SSSR count). The number of ketones is 1. The summed E-state index contributed by atoms with van der Waals surface area (Å²) in [5.41, 5.74) is 5.44. The highest BCUT2D eigenvalue weighted by molar-refractivity contribution is 7.17. The molecule has 2 heterocycles. The molecule has 1 atom stereocenters. The molecule has 1 aliphatic rings. The zero-order valence-corrected chi connectivity index (χ0v) is 21.3. The topological polar surface area (TPSA) is 141 Å². The van der Waals surface area contributed by atoms with Gasteiger partial charge in [-0.2, -0.15) is 18.4 Å². The van der Waals surface area contributed by atoms with Gasteiger partial charge in [0.05, 0.1) is 39.5 Å². The third kappa shape index (κ3) is 5.19. The molecule has 39 heavy (non-hydrogen) atoms. The van der Waals surface area contributed by atoms with Crippen LogP contribution in [0, 0.1) is 18.3 Å². The number of carboxylic acids is 1. The van der Waals surface area contributed by atoms with Gasteiger partial charge in [-0.15, -0.1) is 0 Å². The second-order valence-electron chi connectivity index (χ2n) is 8.62. The van der Waals surface area contributed by atoms with Gasteiger partial charge in [-0.3, -0.25) is 14.5 Å². The lowest BCUT2D eigenvalue weighted by Crippen LogP contribution is -2.52. The highest BCUT2D eigenvalue weighted by Gasteiger charge is 2.44. The van der Waals surface area contributed by atoms with Crippen molar-refractivity contribution >= 4 is 39.9 Å². The summed E-state index contributed by atoms with van der Waals surface area (Å²) in [6.45, 7) is 2.09. The highest BCUT2D eigenvalue weighted by Crippen LogP contribution is 2.42. The van der Waals surface area contributed by atoms with Crippen LogP contribution < -0.4 is 10.6 Å². The number of carbonyl (C=O) groups excluding carboxylic acids is 2. The fraction of sp³-hybridized carbons (Fsp3) is 0.192. The van der Waals surface area contributed by atoms with Crippen molar-refractivity contribution in [1.82, 2.24) is 9.88 Å². The number of Topliss-reactive ketones (excluding diaryl/α,β-unsaturated/α-hetero) is 1. The molecule has 0 fully saturated rings. The van der Waals surface area contributed by atoms with E-state index in [-0.39, 0.29) is 32.5 Å². The minimum Gasteiger partial charge on any atom is -0.480 e. The molecule has 0 bridgehead atoms. The number of hydrogen-bond acceptors (Lipinski definition) is 7. The molecule has 0 aliphatic carbocycles. The van der Waals surface area contributed by atoms with Gasteiger partial charge in [-0.05, 0) is 49.7 Å². The Labute approximate surface area is 224 Å². The van der Waals surface area contributed by atoms with Gasteiger partial charge in [0.25, 0.3) is 0 Å². The fourth-order valence-electron chi connectivity index (χ4n) is 4.41. The number of urea groups is 1. The molecule has 0 spiro atoms. The average Bonchev–Trinajstić information content (AvgIpc) is 3.22. The third-order valence-corrected chi connectivity index (χ3v) is 7.09. The van der Waals surface area contributed by atoms with E-state index in [1.807, 2.05) is 6.07 Å². The molecular weight excluding hydrogens is 535 g/mol. The lowest BCUT2D eigenvalue weighted by molar-refractivity contribution is -0.138. The van der Waals surface area contributed by atoms with Gasteiger partial charge in [-0.1, -0.05) is 29.5 Å². The van der Waals surface area contributed by atoms with Crippen molar-refractivity contribution in [3.63, 3.8) is 0 Å². The number of amides is 2. The molecule has 2 amide bonds. The highest BCUT2D eigenvalue weighted by atomic mass is 32.1. The number of aliphatic carboxylic acids is 1. The van der Waals surface area contributed by atoms with Crippen molar-refractivity contribution < 1.29 is 32.7 Å². The van der Waals surface area contributed by atoms with E-state index in [9.17, 15) is 37.9 Å². The Balaban J connectivity index is 2.01. The average molecular weight is 556 g/mol. The number of allylic oxidation sites excluding steroid dienone is 1. The Morgan fingerprint density at radius 2 is 1.85 bits per heavy atom. The van der Waals surface area contributed by atoms with Crippen molar-refractivity contribution in [1.29, 1.82) is 5.26 Å². The lowest BCUT2D eigenvalue weighted by atomic mass is 9.88. The predicted octanol–water partition coefficient (Wildman–Crippen LogP) is 5.15. The molecule has 200 valence electrons. The van der Waals surface area contributed by atoms with E-state index in [4.69, 9.17) is 5.73 Å². The minimum absolute atomic E-state index is 0.00620. The third-order valence-electron chi connectivity index (χ3n) is 6.10. The first kappa shape index (κ1) is 27.3. The minimum atomic E-state index is -4.71. The molecule has 0 saturated carbocycles. The summed E-state index contributed by atoms with van der Waals surface area (Å²) in [6.07, 6.45) is -4.71. The molecule has 2 aromatic carbocycles. The number of aromatic nitrogens is 1. The Morgan fingerprint density at radius 3 is 2.38 bits per heavy atom. The van der Waals surface area contributed by atoms with Crippen LogP contribution in [0.2, 0.25) is 0 Å². The summed E-state index contributed by atoms with van der Waals surface area (Å²) in [4.78, 5) is 45.7. The summed E-state index contributed by atoms with van der Waals surface area (Å²) in [5, 5.41) is 19.0. The van der Waals surface area contributed by atoms with E-state index in [0.29, 0.717) is 11.3 Å². The van der Waals surface area contributed by atoms with Crippen molar-refractivity contribution in [2.75, 3.05) is 17.2 Å². The summed E-state index contributed by atoms with van der Waals surface area (Å²) in [5.74, 6) is -2.02. The number of aryl methyl sites for hydroxylation is 1. The van der Waals surface area contributed by atoms with Crippen LogP contribution in [0.5, 0.6) is 0 Å². The second-order valence-corrected chi connectivity index (χ2v) is 9.65. The van der Waals surface area contributed by atoms with Gasteiger partial charge < -0.3 is 15.7 Å². The largest absolute Gasteiger partial charge is 0.480 e. The van der Waals surface area contributed by atoms with Crippen molar-refractivity contribution in [3.8, 4) is 6.07 Å². The molecule has 1 unspecified atom stereocenters. The molecule has 9 nitrogen and oxygen atoms in total. The molecule has 13 heteroatoms. The fourth-order valence-corrected chi connectivity index (χ4v) is 5.20. The van der Waals surface area contributed by atoms with E-state index < -0.39 is 42.1 Å². The summed E-state index contributed by atoms with van der Waals surface area (Å²) < 4.78 is 40.5. The normalized spacial score (nSPS) is 15.9. The van der Waals surface area contributed by atoms with Crippen LogP contribution in [0.1, 0.15) is 45.0 Å². The number of halogens is 3. The number of anilines is 2. The molecular formula is C26H20F3N5O4S. The van der Waals surface area contributed by atoms with Gasteiger partial charge >= 0.3 is 18.2 Å². The number of benzene rings is 2. The number of alkyl halides is 3. The van der Waals surface area contributed by atoms with E-state index in [1.165, 1.54) is 37.3 Å². The van der Waals surface area contributed by atoms with E-state index >= 15 is 0 Å². The van der Waals surface area contributed by atoms with Crippen LogP contribution in [-0.4, -0.2) is 39.3 Å². The van der Waals surface area contributed by atoms with Crippen LogP contribution >= 0.6 is 11.3 Å². The maximum atomic E-state index is 14.0. The molecule has 1 aliphatic heterocycles. The second kappa shape index (κ2) is 10.2. The Hall–Kier alpha value is -4.70. The number of nitrogens with zero attached hydrogens (tertiary/aromatic N) is 4. The summed E-state index contributed by atoms with van der Waals surface area (Å²) in [7, 11) is 0. The lowest BCUT2D eigenvalue weighted by Gasteiger charge is -2.42. The predicted molar refractivity (Wildman–Crippen MR) is 136 cm³/mol. The number of nitrogen functional groups attached to an aromatic ring is 1. The van der Waals surface area contributed by atoms with Crippen molar-refractivity contribution in [3.05, 3.63) is 87.1 Å². The SMILES string of the molecule is CC1=C(C(=O)c2sc(N)nc2C)C(c2ccc(C#N)cc2)N(CC(=O)O)C(=O)N1c1cccc(C(F)(F)F)c1. The van der Waals surface area contributed by atoms with E-state index in [1.54, 1.807) is 6.92 Å². The number of nitriles is 1. The van der Waals surface area contributed by atoms with Crippen LogP contribution in [0.15, 0.2) is 59.8 Å². The van der Waals surface area contributed by atoms with Crippen LogP contribution in [0.25, 0.3) is 0 Å². The van der Waals surface area contributed by atoms with Gasteiger partial charge in [0.15, 0.2) is 5.13 Å². The summed E-state index contributed by atoms with van der Waals surface area (Å²) >= 11 is 0.893. The Bertz CT molecular complexity index is 1560. The zero-order valence-electron chi connectivity index (χ0n) is 20.5. The maximum Gasteiger partial charge on any atom is 0.416 e. The van der Waals surface area contributed by atoms with Gasteiger partial charge in [0, 0.05) is 11.3 Å². The van der Waals surface area contributed by atoms with E-state index in [2.05, 4.69) is 4.98 Å². The van der Waals surface area contributed by atoms with Crippen LogP contribution in [-0.2, 0) is 11.0 Å². The molecule has 0 saturated heterocycles. The van der Waals surface area contributed by atoms with Gasteiger partial charge in [0.2, 0.25) is 5.78 Å². The zero-order chi connectivity index (χ0) is 28.6. The first-order chi connectivity index (χ1) is 18.3. The van der Waals surface area contributed by atoms with Crippen molar-refractivity contribution in [2.24, 2.45) is 0 Å². The monoisotopic (exact) mass is 555 g/mol. The number of carboxylic acid groups (broad SMARTS) is 1. The summed E-state index contributed by atoms with van der Waals surface area (Å²) in [6, 6.07) is 9.61. The Kier molecular flexibility index (Phi) is 7.16. The van der Waals surface area contributed by atoms with Crippen LogP contribution in [0.3, 0.4) is 0 Å². The molecule has 3 N–H and O–H groups in total. The number of hydrogen-bond donors (Lipinski definition) is 2. The number of nitrogens with two attached hydrogens (primary N) is 1. The van der Waals surface area contributed by atoms with Crippen molar-refractivity contribution in [2.45, 2.75) is 26.1 Å². The molecule has 0 radical (unpaired) electrons. The maximum absolute atomic E-state index is 14.0. The molecule has 3 aromatic rings. The number of thiazole rings is 1. The van der Waals surface area contributed by atoms with E-state index in [0.717, 1.165) is 39.3 Å². The first-order valence-corrected chi connectivity index (χ1v) is 12.1. The smallest absolute Gasteiger partial charge is 0.416 e. The number of rotatable bonds is 6. The first-order valence-electron chi connectivity index (χ1n) is 11.3. The molecule has 1 aromatic heterocycles. The van der Waals surface area contributed by atoms with Crippen LogP contribution in [0.4, 0.5) is 28.8 Å². The standard InChI is InChI=1S/C26H20F3N5O4S/c1-13-23(39-24(31)32-13)22(37)20-14(2)34(18-5-3-4-17(10-18)26(27,28)29)25(38)33(12-19(35)36)21(20)16-8-6-15(11-30)7-9-16/h3-10,21H,12H2,1-2H3,(H2,31,32)(H,35,36). The quantitative estimate of drug-likeness (QED) is 0.401. The van der Waals surface area contributed by atoms with Gasteiger partial charge in [0.1, 0.15) is 6.54 Å². The number of carbonyl (C=O) groups is 3. The Morgan fingerprint density at radius 1 is 1.18 bits per heavy atom.